The van der Waals surface area contributed by atoms with E-state index in [2.05, 4.69) is 5.32 Å². The quantitative estimate of drug-likeness (QED) is 0.451. The lowest BCUT2D eigenvalue weighted by atomic mass is 10.2. The van der Waals surface area contributed by atoms with Gasteiger partial charge in [-0.25, -0.2) is 9.18 Å². The number of amides is 2. The van der Waals surface area contributed by atoms with Crippen LogP contribution in [0.5, 0.6) is 11.5 Å². The molecule has 0 aliphatic carbocycles. The third-order valence-electron chi connectivity index (χ3n) is 5.40. The van der Waals surface area contributed by atoms with Crippen molar-refractivity contribution in [2.45, 2.75) is 6.10 Å². The summed E-state index contributed by atoms with van der Waals surface area (Å²) in [6.07, 6.45) is 1.54. The van der Waals surface area contributed by atoms with Crippen LogP contribution in [0.15, 0.2) is 42.5 Å². The van der Waals surface area contributed by atoms with E-state index >= 15 is 0 Å². The minimum atomic E-state index is -0.608. The van der Waals surface area contributed by atoms with E-state index in [0.717, 1.165) is 0 Å². The third kappa shape index (κ3) is 5.35. The Bertz CT molecular complexity index is 1070. The Labute approximate surface area is 189 Å². The van der Waals surface area contributed by atoms with Gasteiger partial charge in [0.15, 0.2) is 11.5 Å². The molecule has 174 valence electrons. The van der Waals surface area contributed by atoms with E-state index in [9.17, 15) is 24.2 Å². The molecule has 1 unspecified atom stereocenters. The van der Waals surface area contributed by atoms with Crippen molar-refractivity contribution in [3.05, 3.63) is 53.9 Å². The van der Waals surface area contributed by atoms with Crippen LogP contribution in [0, 0.1) is 5.82 Å². The van der Waals surface area contributed by atoms with Crippen molar-refractivity contribution in [1.29, 1.82) is 0 Å². The second-order valence-electron chi connectivity index (χ2n) is 7.68. The molecule has 3 N–H and O–H groups in total. The van der Waals surface area contributed by atoms with Crippen molar-refractivity contribution in [2.75, 3.05) is 49.2 Å². The molecule has 2 amide bonds. The Balaban J connectivity index is 1.31. The van der Waals surface area contributed by atoms with Gasteiger partial charge >= 0.3 is 6.09 Å². The van der Waals surface area contributed by atoms with Gasteiger partial charge in [0.1, 0.15) is 11.9 Å². The molecule has 33 heavy (non-hydrogen) atoms. The number of rotatable bonds is 6. The second-order valence-corrected chi connectivity index (χ2v) is 7.68. The number of phenols is 2. The lowest BCUT2D eigenvalue weighted by molar-refractivity contribution is -0.116. The first kappa shape index (κ1) is 22.4. The summed E-state index contributed by atoms with van der Waals surface area (Å²) in [6.45, 7) is 2.54. The molecule has 2 aromatic carbocycles. The maximum atomic E-state index is 14.7. The number of halogens is 1. The molecule has 2 aliphatic heterocycles. The van der Waals surface area contributed by atoms with Crippen LogP contribution < -0.4 is 15.1 Å². The van der Waals surface area contributed by atoms with Crippen molar-refractivity contribution in [3.8, 4) is 11.5 Å². The fourth-order valence-corrected chi connectivity index (χ4v) is 3.65. The number of ether oxygens (including phenoxy) is 2. The molecule has 10 heteroatoms. The summed E-state index contributed by atoms with van der Waals surface area (Å²) >= 11 is 0. The molecule has 9 nitrogen and oxygen atoms in total. The number of morpholine rings is 1. The number of nitrogens with zero attached hydrogens (tertiary/aromatic N) is 2. The van der Waals surface area contributed by atoms with Gasteiger partial charge in [-0.3, -0.25) is 9.69 Å². The summed E-state index contributed by atoms with van der Waals surface area (Å²) in [5, 5.41) is 21.4. The highest BCUT2D eigenvalue weighted by Crippen LogP contribution is 2.28. The highest BCUT2D eigenvalue weighted by Gasteiger charge is 2.33. The fourth-order valence-electron chi connectivity index (χ4n) is 3.65. The van der Waals surface area contributed by atoms with E-state index in [4.69, 9.17) is 9.47 Å². The minimum Gasteiger partial charge on any atom is -0.504 e. The number of phenolic OH excluding ortho intramolecular Hbond substituents is 2. The molecule has 2 aromatic rings. The van der Waals surface area contributed by atoms with Gasteiger partial charge in [0, 0.05) is 19.2 Å². The molecule has 0 saturated carbocycles. The zero-order chi connectivity index (χ0) is 23.4. The maximum absolute atomic E-state index is 14.7. The molecular formula is C23H24FN3O6. The van der Waals surface area contributed by atoms with Crippen LogP contribution in [-0.2, 0) is 14.3 Å². The number of carbonyl (C=O) groups excluding carboxylic acids is 2. The molecule has 0 radical (unpaired) electrons. The summed E-state index contributed by atoms with van der Waals surface area (Å²) < 4.78 is 25.3. The number of benzene rings is 2. The summed E-state index contributed by atoms with van der Waals surface area (Å²) in [4.78, 5) is 27.6. The van der Waals surface area contributed by atoms with Crippen LogP contribution in [0.2, 0.25) is 0 Å². The van der Waals surface area contributed by atoms with Gasteiger partial charge in [0.05, 0.1) is 37.7 Å². The van der Waals surface area contributed by atoms with Gasteiger partial charge < -0.3 is 29.9 Å². The number of carbonyl (C=O) groups is 2. The smallest absolute Gasteiger partial charge is 0.414 e. The van der Waals surface area contributed by atoms with E-state index in [1.54, 1.807) is 18.2 Å². The topological polar surface area (TPSA) is 112 Å². The molecule has 0 aromatic heterocycles. The molecule has 2 saturated heterocycles. The molecule has 4 rings (SSSR count). The SMILES string of the molecule is O=C(/C=C/c1ccc(O)c(O)c1)NCC1CN(c2ccc(N3CCOCC3)c(F)c2)C(=O)O1. The van der Waals surface area contributed by atoms with Crippen molar-refractivity contribution in [3.63, 3.8) is 0 Å². The summed E-state index contributed by atoms with van der Waals surface area (Å²) in [7, 11) is 0. The van der Waals surface area contributed by atoms with E-state index in [-0.39, 0.29) is 24.6 Å². The first-order chi connectivity index (χ1) is 15.9. The Morgan fingerprint density at radius 2 is 1.94 bits per heavy atom. The van der Waals surface area contributed by atoms with E-state index < -0.39 is 23.9 Å². The van der Waals surface area contributed by atoms with E-state index in [1.807, 2.05) is 4.90 Å². The van der Waals surface area contributed by atoms with Gasteiger partial charge in [-0.05, 0) is 42.0 Å². The van der Waals surface area contributed by atoms with Gasteiger partial charge in [0.25, 0.3) is 0 Å². The van der Waals surface area contributed by atoms with Crippen LogP contribution in [0.25, 0.3) is 6.08 Å². The molecule has 0 bridgehead atoms. The number of cyclic esters (lactones) is 1. The minimum absolute atomic E-state index is 0.0839. The zero-order valence-corrected chi connectivity index (χ0v) is 17.7. The first-order valence-corrected chi connectivity index (χ1v) is 10.5. The average Bonchev–Trinajstić information content (AvgIpc) is 3.19. The van der Waals surface area contributed by atoms with Crippen molar-refractivity contribution in [1.82, 2.24) is 5.32 Å². The maximum Gasteiger partial charge on any atom is 0.414 e. The van der Waals surface area contributed by atoms with Crippen molar-refractivity contribution >= 4 is 29.5 Å². The molecule has 1 atom stereocenters. The number of aromatic hydroxyl groups is 2. The lowest BCUT2D eigenvalue weighted by Gasteiger charge is -2.29. The van der Waals surface area contributed by atoms with Crippen LogP contribution in [0.1, 0.15) is 5.56 Å². The first-order valence-electron chi connectivity index (χ1n) is 10.5. The largest absolute Gasteiger partial charge is 0.504 e. The Kier molecular flexibility index (Phi) is 6.64. The van der Waals surface area contributed by atoms with Gasteiger partial charge in [-0.1, -0.05) is 6.07 Å². The van der Waals surface area contributed by atoms with Crippen molar-refractivity contribution in [2.24, 2.45) is 0 Å². The summed E-state index contributed by atoms with van der Waals surface area (Å²) in [6, 6.07) is 8.80. The summed E-state index contributed by atoms with van der Waals surface area (Å²) in [5.74, 6) is -1.38. The monoisotopic (exact) mass is 457 g/mol. The van der Waals surface area contributed by atoms with Gasteiger partial charge in [-0.15, -0.1) is 0 Å². The molecule has 2 aliphatic rings. The number of hydrogen-bond donors (Lipinski definition) is 3. The van der Waals surface area contributed by atoms with Gasteiger partial charge in [0.2, 0.25) is 5.91 Å². The standard InChI is InChI=1S/C23H24FN3O6/c24-18-12-16(3-4-19(18)26-7-9-32-10-8-26)27-14-17(33-23(27)31)13-25-22(30)6-2-15-1-5-20(28)21(29)11-15/h1-6,11-12,17,28-29H,7-10,13-14H2,(H,25,30)/b6-2+. The molecule has 2 heterocycles. The van der Waals surface area contributed by atoms with Crippen molar-refractivity contribution < 1.29 is 33.7 Å². The van der Waals surface area contributed by atoms with Gasteiger partial charge in [-0.2, -0.15) is 0 Å². The van der Waals surface area contributed by atoms with Crippen LogP contribution in [0.4, 0.5) is 20.6 Å². The number of anilines is 2. The number of nitrogens with one attached hydrogen (secondary N) is 1. The van der Waals surface area contributed by atoms with Crippen LogP contribution in [-0.4, -0.2) is 67.7 Å². The lowest BCUT2D eigenvalue weighted by Crippen LogP contribution is -2.36. The van der Waals surface area contributed by atoms with E-state index in [1.165, 1.54) is 35.3 Å². The highest BCUT2D eigenvalue weighted by molar-refractivity contribution is 5.92. The summed E-state index contributed by atoms with van der Waals surface area (Å²) in [5.41, 5.74) is 1.38. The zero-order valence-electron chi connectivity index (χ0n) is 17.7. The molecular weight excluding hydrogens is 433 g/mol. The molecule has 2 fully saturated rings. The third-order valence-corrected chi connectivity index (χ3v) is 5.40. The Morgan fingerprint density at radius 1 is 1.15 bits per heavy atom. The van der Waals surface area contributed by atoms with Crippen LogP contribution >= 0.6 is 0 Å². The molecule has 0 spiro atoms. The second kappa shape index (κ2) is 9.78. The Hall–Kier alpha value is -3.79. The average molecular weight is 457 g/mol. The Morgan fingerprint density at radius 3 is 2.67 bits per heavy atom. The fraction of sp³-hybridized carbons (Fsp3) is 0.304. The predicted molar refractivity (Wildman–Crippen MR) is 119 cm³/mol. The predicted octanol–water partition coefficient (Wildman–Crippen LogP) is 2.23. The highest BCUT2D eigenvalue weighted by atomic mass is 19.1. The van der Waals surface area contributed by atoms with E-state index in [0.29, 0.717) is 43.2 Å². The van der Waals surface area contributed by atoms with Crippen LogP contribution in [0.3, 0.4) is 0 Å². The normalized spacial score (nSPS) is 18.6. The number of hydrogen-bond acceptors (Lipinski definition) is 7.